The van der Waals surface area contributed by atoms with Crippen molar-refractivity contribution in [1.29, 1.82) is 0 Å². The molecule has 1 atom stereocenters. The number of benzene rings is 1. The van der Waals surface area contributed by atoms with E-state index < -0.39 is 0 Å². The normalized spacial score (nSPS) is 12.7. The first-order valence-electron chi connectivity index (χ1n) is 4.16. The third-order valence-electron chi connectivity index (χ3n) is 2.00. The predicted molar refractivity (Wildman–Crippen MR) is 58.0 cm³/mol. The Kier molecular flexibility index (Phi) is 3.33. The van der Waals surface area contributed by atoms with Crippen LogP contribution in [0.15, 0.2) is 16.6 Å². The van der Waals surface area contributed by atoms with Crippen molar-refractivity contribution in [3.8, 4) is 5.75 Å². The van der Waals surface area contributed by atoms with Crippen LogP contribution >= 0.6 is 15.9 Å². The van der Waals surface area contributed by atoms with Crippen molar-refractivity contribution < 1.29 is 4.74 Å². The van der Waals surface area contributed by atoms with Crippen LogP contribution in [-0.4, -0.2) is 7.11 Å². The number of ether oxygens (including phenoxy) is 1. The van der Waals surface area contributed by atoms with E-state index in [1.54, 1.807) is 7.11 Å². The number of methoxy groups -OCH3 is 1. The highest BCUT2D eigenvalue weighted by Gasteiger charge is 2.08. The molecule has 0 saturated heterocycles. The number of rotatable bonds is 2. The molecule has 1 aromatic carbocycles. The van der Waals surface area contributed by atoms with Gasteiger partial charge in [0.05, 0.1) is 7.11 Å². The maximum atomic E-state index is 5.80. The molecule has 1 aromatic rings. The lowest BCUT2D eigenvalue weighted by Crippen LogP contribution is -2.06. The smallest absolute Gasteiger partial charge is 0.122 e. The van der Waals surface area contributed by atoms with E-state index in [9.17, 15) is 0 Å². The van der Waals surface area contributed by atoms with E-state index in [0.29, 0.717) is 0 Å². The predicted octanol–water partition coefficient (Wildman–Crippen LogP) is 2.79. The van der Waals surface area contributed by atoms with E-state index in [1.165, 1.54) is 0 Å². The number of hydrogen-bond donors (Lipinski definition) is 1. The highest BCUT2D eigenvalue weighted by Crippen LogP contribution is 2.29. The second kappa shape index (κ2) is 4.11. The fourth-order valence-corrected chi connectivity index (χ4v) is 2.06. The van der Waals surface area contributed by atoms with E-state index in [-0.39, 0.29) is 6.04 Å². The summed E-state index contributed by atoms with van der Waals surface area (Å²) < 4.78 is 6.26. The summed E-state index contributed by atoms with van der Waals surface area (Å²) in [7, 11) is 1.67. The molecule has 1 unspecified atom stereocenters. The third kappa shape index (κ3) is 2.23. The third-order valence-corrected chi connectivity index (χ3v) is 2.69. The number of hydrogen-bond acceptors (Lipinski definition) is 2. The van der Waals surface area contributed by atoms with Crippen molar-refractivity contribution >= 4 is 15.9 Å². The SMILES string of the molecule is COc1cc(C(C)N)c(Br)cc1C. The monoisotopic (exact) mass is 243 g/mol. The van der Waals surface area contributed by atoms with Gasteiger partial charge in [0.2, 0.25) is 0 Å². The van der Waals surface area contributed by atoms with Crippen molar-refractivity contribution in [2.24, 2.45) is 5.73 Å². The molecule has 1 rings (SSSR count). The number of nitrogens with two attached hydrogens (primary N) is 1. The largest absolute Gasteiger partial charge is 0.496 e. The van der Waals surface area contributed by atoms with Gasteiger partial charge in [0.15, 0.2) is 0 Å². The summed E-state index contributed by atoms with van der Waals surface area (Å²) in [5.74, 6) is 0.885. The molecule has 0 aliphatic carbocycles. The lowest BCUT2D eigenvalue weighted by atomic mass is 10.1. The quantitative estimate of drug-likeness (QED) is 0.868. The Balaban J connectivity index is 3.22. The molecular formula is C10H14BrNO. The molecular weight excluding hydrogens is 230 g/mol. The van der Waals surface area contributed by atoms with E-state index in [0.717, 1.165) is 21.3 Å². The molecule has 0 spiro atoms. The van der Waals surface area contributed by atoms with Gasteiger partial charge in [-0.15, -0.1) is 0 Å². The second-order valence-corrected chi connectivity index (χ2v) is 3.99. The Morgan fingerprint density at radius 3 is 2.54 bits per heavy atom. The molecule has 0 saturated carbocycles. The molecule has 0 aromatic heterocycles. The van der Waals surface area contributed by atoms with E-state index in [4.69, 9.17) is 10.5 Å². The summed E-state index contributed by atoms with van der Waals surface area (Å²) in [4.78, 5) is 0. The van der Waals surface area contributed by atoms with Gasteiger partial charge in [-0.2, -0.15) is 0 Å². The van der Waals surface area contributed by atoms with Crippen LogP contribution in [0.4, 0.5) is 0 Å². The minimum Gasteiger partial charge on any atom is -0.496 e. The summed E-state index contributed by atoms with van der Waals surface area (Å²) >= 11 is 3.48. The Labute approximate surface area is 87.2 Å². The highest BCUT2D eigenvalue weighted by molar-refractivity contribution is 9.10. The van der Waals surface area contributed by atoms with Crippen LogP contribution < -0.4 is 10.5 Å². The zero-order valence-electron chi connectivity index (χ0n) is 8.10. The summed E-state index contributed by atoms with van der Waals surface area (Å²) in [6.07, 6.45) is 0. The second-order valence-electron chi connectivity index (χ2n) is 3.13. The molecule has 0 radical (unpaired) electrons. The van der Waals surface area contributed by atoms with Crippen LogP contribution in [0.3, 0.4) is 0 Å². The first-order chi connectivity index (χ1) is 6.06. The molecule has 3 heteroatoms. The van der Waals surface area contributed by atoms with E-state index in [2.05, 4.69) is 15.9 Å². The highest BCUT2D eigenvalue weighted by atomic mass is 79.9. The van der Waals surface area contributed by atoms with Gasteiger partial charge in [-0.1, -0.05) is 15.9 Å². The molecule has 0 aliphatic heterocycles. The van der Waals surface area contributed by atoms with Crippen molar-refractivity contribution in [1.82, 2.24) is 0 Å². The maximum Gasteiger partial charge on any atom is 0.122 e. The van der Waals surface area contributed by atoms with Gasteiger partial charge in [0, 0.05) is 10.5 Å². The Morgan fingerprint density at radius 2 is 2.08 bits per heavy atom. The zero-order valence-corrected chi connectivity index (χ0v) is 9.68. The van der Waals surface area contributed by atoms with Gasteiger partial charge in [-0.25, -0.2) is 0 Å². The fourth-order valence-electron chi connectivity index (χ4n) is 1.24. The first-order valence-corrected chi connectivity index (χ1v) is 4.95. The average Bonchev–Trinajstić information content (AvgIpc) is 2.03. The van der Waals surface area contributed by atoms with Gasteiger partial charge in [-0.3, -0.25) is 0 Å². The fraction of sp³-hybridized carbons (Fsp3) is 0.400. The van der Waals surface area contributed by atoms with E-state index in [1.807, 2.05) is 26.0 Å². The summed E-state index contributed by atoms with van der Waals surface area (Å²) in [5, 5.41) is 0. The summed E-state index contributed by atoms with van der Waals surface area (Å²) in [6, 6.07) is 4.02. The summed E-state index contributed by atoms with van der Waals surface area (Å²) in [5.41, 5.74) is 7.98. The average molecular weight is 244 g/mol. The van der Waals surface area contributed by atoms with Crippen LogP contribution in [0.25, 0.3) is 0 Å². The molecule has 2 nitrogen and oxygen atoms in total. The lowest BCUT2D eigenvalue weighted by molar-refractivity contribution is 0.410. The van der Waals surface area contributed by atoms with Crippen molar-refractivity contribution in [3.05, 3.63) is 27.7 Å². The van der Waals surface area contributed by atoms with Crippen LogP contribution in [-0.2, 0) is 0 Å². The molecule has 0 aliphatic rings. The van der Waals surface area contributed by atoms with Gasteiger partial charge >= 0.3 is 0 Å². The Bertz CT molecular complexity index is 310. The lowest BCUT2D eigenvalue weighted by Gasteiger charge is -2.12. The number of aryl methyl sites for hydroxylation is 1. The van der Waals surface area contributed by atoms with Crippen LogP contribution in [0.1, 0.15) is 24.1 Å². The minimum atomic E-state index is 0.0175. The van der Waals surface area contributed by atoms with Gasteiger partial charge < -0.3 is 10.5 Å². The molecule has 13 heavy (non-hydrogen) atoms. The van der Waals surface area contributed by atoms with Crippen LogP contribution in [0.5, 0.6) is 5.75 Å². The minimum absolute atomic E-state index is 0.0175. The van der Waals surface area contributed by atoms with Gasteiger partial charge in [0.25, 0.3) is 0 Å². The molecule has 72 valence electrons. The molecule has 2 N–H and O–H groups in total. The van der Waals surface area contributed by atoms with Crippen molar-refractivity contribution in [2.75, 3.05) is 7.11 Å². The number of halogens is 1. The standard InChI is InChI=1S/C10H14BrNO/c1-6-4-9(11)8(7(2)12)5-10(6)13-3/h4-5,7H,12H2,1-3H3. The molecule has 0 amide bonds. The maximum absolute atomic E-state index is 5.80. The van der Waals surface area contributed by atoms with Gasteiger partial charge in [-0.05, 0) is 37.1 Å². The molecule has 0 heterocycles. The van der Waals surface area contributed by atoms with Crippen LogP contribution in [0, 0.1) is 6.92 Å². The summed E-state index contributed by atoms with van der Waals surface area (Å²) in [6.45, 7) is 3.96. The molecule has 0 fully saturated rings. The van der Waals surface area contributed by atoms with Crippen LogP contribution in [0.2, 0.25) is 0 Å². The first kappa shape index (κ1) is 10.5. The zero-order chi connectivity index (χ0) is 10.0. The van der Waals surface area contributed by atoms with Crippen molar-refractivity contribution in [2.45, 2.75) is 19.9 Å². The van der Waals surface area contributed by atoms with Gasteiger partial charge in [0.1, 0.15) is 5.75 Å². The topological polar surface area (TPSA) is 35.2 Å². The Hall–Kier alpha value is -0.540. The van der Waals surface area contributed by atoms with Crippen molar-refractivity contribution in [3.63, 3.8) is 0 Å². The van der Waals surface area contributed by atoms with E-state index >= 15 is 0 Å². The molecule has 0 bridgehead atoms. The Morgan fingerprint density at radius 1 is 1.46 bits per heavy atom.